The maximum Gasteiger partial charge on any atom is 0.340 e. The van der Waals surface area contributed by atoms with Crippen LogP contribution in [0.4, 0.5) is 0 Å². The number of epoxide rings is 1. The number of esters is 1. The number of ether oxygens (including phenoxy) is 2. The monoisotopic (exact) mass is 186 g/mol. The van der Waals surface area contributed by atoms with Crippen molar-refractivity contribution in [1.29, 1.82) is 0 Å². The van der Waals surface area contributed by atoms with Crippen molar-refractivity contribution < 1.29 is 14.3 Å². The van der Waals surface area contributed by atoms with Gasteiger partial charge in [0.05, 0.1) is 12.7 Å². The fourth-order valence-corrected chi connectivity index (χ4v) is 1.21. The summed E-state index contributed by atoms with van der Waals surface area (Å²) in [5.74, 6) is -0.212. The summed E-state index contributed by atoms with van der Waals surface area (Å²) in [6.07, 6.45) is 3.22. The number of rotatable bonds is 5. The van der Waals surface area contributed by atoms with Gasteiger partial charge < -0.3 is 9.47 Å². The number of hydrogen-bond acceptors (Lipinski definition) is 3. The van der Waals surface area contributed by atoms with Crippen LogP contribution in [-0.4, -0.2) is 24.3 Å². The highest BCUT2D eigenvalue weighted by Gasteiger charge is 2.57. The van der Waals surface area contributed by atoms with E-state index in [0.29, 0.717) is 6.61 Å². The number of carbonyl (C=O) groups is 1. The molecule has 1 fully saturated rings. The molecular formula is C10H18O3. The Morgan fingerprint density at radius 2 is 2.15 bits per heavy atom. The Morgan fingerprint density at radius 3 is 2.62 bits per heavy atom. The molecule has 1 heterocycles. The van der Waals surface area contributed by atoms with E-state index in [1.54, 1.807) is 6.92 Å². The van der Waals surface area contributed by atoms with Gasteiger partial charge in [0.2, 0.25) is 0 Å². The molecule has 0 amide bonds. The molecule has 13 heavy (non-hydrogen) atoms. The zero-order valence-electron chi connectivity index (χ0n) is 8.63. The lowest BCUT2D eigenvalue weighted by atomic mass is 10.1. The lowest BCUT2D eigenvalue weighted by Gasteiger charge is -2.06. The number of carbonyl (C=O) groups excluding carboxylic acids is 1. The Morgan fingerprint density at radius 1 is 1.54 bits per heavy atom. The van der Waals surface area contributed by atoms with Crippen LogP contribution in [0.15, 0.2) is 0 Å². The van der Waals surface area contributed by atoms with Gasteiger partial charge in [-0.2, -0.15) is 0 Å². The topological polar surface area (TPSA) is 38.8 Å². The molecule has 2 atom stereocenters. The van der Waals surface area contributed by atoms with Gasteiger partial charge in [0.15, 0.2) is 5.60 Å². The highest BCUT2D eigenvalue weighted by atomic mass is 16.7. The summed E-state index contributed by atoms with van der Waals surface area (Å²) >= 11 is 0. The van der Waals surface area contributed by atoms with E-state index in [1.165, 1.54) is 0 Å². The van der Waals surface area contributed by atoms with Crippen molar-refractivity contribution in [3.05, 3.63) is 0 Å². The third-order valence-corrected chi connectivity index (χ3v) is 2.53. The molecule has 0 saturated carbocycles. The molecular weight excluding hydrogens is 168 g/mol. The molecule has 76 valence electrons. The van der Waals surface area contributed by atoms with Gasteiger partial charge >= 0.3 is 5.97 Å². The average Bonchev–Trinajstić information content (AvgIpc) is 2.70. The summed E-state index contributed by atoms with van der Waals surface area (Å²) in [5, 5.41) is 0. The summed E-state index contributed by atoms with van der Waals surface area (Å²) in [6, 6.07) is 0. The molecule has 1 saturated heterocycles. The fraction of sp³-hybridized carbons (Fsp3) is 0.900. The smallest absolute Gasteiger partial charge is 0.340 e. The minimum Gasteiger partial charge on any atom is -0.463 e. The molecule has 0 spiro atoms. The fourth-order valence-electron chi connectivity index (χ4n) is 1.21. The van der Waals surface area contributed by atoms with Crippen molar-refractivity contribution >= 4 is 5.97 Å². The predicted octanol–water partition coefficient (Wildman–Crippen LogP) is 1.90. The van der Waals surface area contributed by atoms with Crippen LogP contribution in [0, 0.1) is 0 Å². The second-order valence-electron chi connectivity index (χ2n) is 3.71. The molecule has 0 N–H and O–H groups in total. The van der Waals surface area contributed by atoms with Gasteiger partial charge in [-0.05, 0) is 20.3 Å². The Labute approximate surface area is 79.4 Å². The summed E-state index contributed by atoms with van der Waals surface area (Å²) in [5.41, 5.74) is -0.647. The maximum atomic E-state index is 11.4. The molecule has 0 aromatic rings. The van der Waals surface area contributed by atoms with E-state index in [-0.39, 0.29) is 12.1 Å². The summed E-state index contributed by atoms with van der Waals surface area (Å²) in [6.45, 7) is 6.31. The van der Waals surface area contributed by atoms with E-state index in [4.69, 9.17) is 9.47 Å². The summed E-state index contributed by atoms with van der Waals surface area (Å²) in [7, 11) is 0. The highest BCUT2D eigenvalue weighted by Crippen LogP contribution is 2.36. The lowest BCUT2D eigenvalue weighted by Crippen LogP contribution is -2.25. The largest absolute Gasteiger partial charge is 0.463 e. The van der Waals surface area contributed by atoms with E-state index in [2.05, 4.69) is 6.92 Å². The van der Waals surface area contributed by atoms with Crippen molar-refractivity contribution in [3.8, 4) is 0 Å². The third kappa shape index (κ3) is 2.44. The molecule has 0 bridgehead atoms. The molecule has 1 rings (SSSR count). The minimum absolute atomic E-state index is 0.0196. The van der Waals surface area contributed by atoms with Crippen molar-refractivity contribution in [1.82, 2.24) is 0 Å². The molecule has 1 aliphatic rings. The Bertz CT molecular complexity index is 191. The zero-order chi connectivity index (χ0) is 9.90. The van der Waals surface area contributed by atoms with Crippen molar-refractivity contribution in [3.63, 3.8) is 0 Å². The first-order chi connectivity index (χ1) is 6.11. The first-order valence-corrected chi connectivity index (χ1v) is 4.96. The third-order valence-electron chi connectivity index (χ3n) is 2.53. The highest BCUT2D eigenvalue weighted by molar-refractivity contribution is 5.82. The maximum absolute atomic E-state index is 11.4. The van der Waals surface area contributed by atoms with Gasteiger partial charge in [0.25, 0.3) is 0 Å². The van der Waals surface area contributed by atoms with Crippen LogP contribution in [0.1, 0.15) is 40.0 Å². The normalized spacial score (nSPS) is 31.5. The number of unbranched alkanes of at least 4 members (excludes halogenated alkanes) is 2. The molecule has 2 unspecified atom stereocenters. The van der Waals surface area contributed by atoms with Gasteiger partial charge in [-0.15, -0.1) is 0 Å². The van der Waals surface area contributed by atoms with Crippen LogP contribution >= 0.6 is 0 Å². The second kappa shape index (κ2) is 4.09. The van der Waals surface area contributed by atoms with Gasteiger partial charge in [-0.1, -0.05) is 19.8 Å². The van der Waals surface area contributed by atoms with Crippen LogP contribution < -0.4 is 0 Å². The van der Waals surface area contributed by atoms with E-state index in [1.807, 2.05) is 6.92 Å². The molecule has 0 radical (unpaired) electrons. The SMILES string of the molecule is CCCCCOC(=O)C1(C)OC1C. The average molecular weight is 186 g/mol. The first-order valence-electron chi connectivity index (χ1n) is 4.96. The van der Waals surface area contributed by atoms with Crippen LogP contribution in [0.25, 0.3) is 0 Å². The first kappa shape index (κ1) is 10.5. The van der Waals surface area contributed by atoms with Gasteiger partial charge in [0, 0.05) is 0 Å². The van der Waals surface area contributed by atoms with Crippen molar-refractivity contribution in [2.24, 2.45) is 0 Å². The van der Waals surface area contributed by atoms with E-state index in [0.717, 1.165) is 19.3 Å². The Hall–Kier alpha value is -0.570. The van der Waals surface area contributed by atoms with Gasteiger partial charge in [0.1, 0.15) is 0 Å². The Kier molecular flexibility index (Phi) is 3.31. The van der Waals surface area contributed by atoms with E-state index < -0.39 is 5.60 Å². The Balaban J connectivity index is 2.12. The quantitative estimate of drug-likeness (QED) is 0.374. The van der Waals surface area contributed by atoms with Crippen LogP contribution in [-0.2, 0) is 14.3 Å². The van der Waals surface area contributed by atoms with E-state index in [9.17, 15) is 4.79 Å². The molecule has 0 aliphatic carbocycles. The lowest BCUT2D eigenvalue weighted by molar-refractivity contribution is -0.149. The summed E-state index contributed by atoms with van der Waals surface area (Å²) in [4.78, 5) is 11.4. The van der Waals surface area contributed by atoms with Crippen LogP contribution in [0.2, 0.25) is 0 Å². The van der Waals surface area contributed by atoms with Crippen molar-refractivity contribution in [2.45, 2.75) is 51.7 Å². The minimum atomic E-state index is -0.647. The van der Waals surface area contributed by atoms with Crippen LogP contribution in [0.5, 0.6) is 0 Å². The van der Waals surface area contributed by atoms with Gasteiger partial charge in [-0.25, -0.2) is 4.79 Å². The summed E-state index contributed by atoms with van der Waals surface area (Å²) < 4.78 is 10.2. The predicted molar refractivity (Wildman–Crippen MR) is 49.4 cm³/mol. The molecule has 0 aromatic carbocycles. The zero-order valence-corrected chi connectivity index (χ0v) is 8.63. The molecule has 3 heteroatoms. The number of hydrogen-bond donors (Lipinski definition) is 0. The molecule has 0 aromatic heterocycles. The second-order valence-corrected chi connectivity index (χ2v) is 3.71. The van der Waals surface area contributed by atoms with E-state index >= 15 is 0 Å². The van der Waals surface area contributed by atoms with Crippen LogP contribution in [0.3, 0.4) is 0 Å². The molecule has 1 aliphatic heterocycles. The molecule has 3 nitrogen and oxygen atoms in total. The standard InChI is InChI=1S/C10H18O3/c1-4-5-6-7-12-9(11)10(3)8(2)13-10/h8H,4-7H2,1-3H3. The van der Waals surface area contributed by atoms with Crippen molar-refractivity contribution in [2.75, 3.05) is 6.61 Å². The van der Waals surface area contributed by atoms with Gasteiger partial charge in [-0.3, -0.25) is 0 Å².